The molecule has 1 saturated heterocycles. The van der Waals surface area contributed by atoms with Crippen LogP contribution in [-0.4, -0.2) is 33.9 Å². The fourth-order valence-electron chi connectivity index (χ4n) is 4.33. The second kappa shape index (κ2) is 8.60. The van der Waals surface area contributed by atoms with E-state index in [-0.39, 0.29) is 17.8 Å². The summed E-state index contributed by atoms with van der Waals surface area (Å²) in [5.41, 5.74) is 5.13. The van der Waals surface area contributed by atoms with Gasteiger partial charge in [0, 0.05) is 49.2 Å². The van der Waals surface area contributed by atoms with E-state index in [4.69, 9.17) is 12.2 Å². The quantitative estimate of drug-likeness (QED) is 0.421. The van der Waals surface area contributed by atoms with Gasteiger partial charge in [-0.25, -0.2) is 0 Å². The monoisotopic (exact) mass is 455 g/mol. The van der Waals surface area contributed by atoms with Gasteiger partial charge in [0.15, 0.2) is 5.11 Å². The van der Waals surface area contributed by atoms with E-state index in [0.717, 1.165) is 28.5 Å². The number of benzene rings is 2. The van der Waals surface area contributed by atoms with Crippen LogP contribution in [0.25, 0.3) is 5.69 Å². The van der Waals surface area contributed by atoms with E-state index in [1.165, 1.54) is 0 Å². The summed E-state index contributed by atoms with van der Waals surface area (Å²) in [6.07, 6.45) is 3.88. The number of phenols is 1. The van der Waals surface area contributed by atoms with Crippen molar-refractivity contribution in [3.8, 4) is 11.4 Å². The Labute approximate surface area is 198 Å². The Bertz CT molecular complexity index is 1250. The first-order valence-electron chi connectivity index (χ1n) is 10.8. The molecule has 0 spiro atoms. The lowest BCUT2D eigenvalue weighted by Gasteiger charge is -2.29. The molecule has 1 aliphatic rings. The summed E-state index contributed by atoms with van der Waals surface area (Å²) in [7, 11) is 4.07. The van der Waals surface area contributed by atoms with Crippen LogP contribution in [0.3, 0.4) is 0 Å². The van der Waals surface area contributed by atoms with Gasteiger partial charge in [0.1, 0.15) is 11.8 Å². The number of nitrogens with zero attached hydrogens (tertiary/aromatic N) is 4. The van der Waals surface area contributed by atoms with Gasteiger partial charge in [-0.15, -0.1) is 0 Å². The normalized spacial score (nSPS) is 17.8. The third kappa shape index (κ3) is 3.91. The molecule has 2 N–H and O–H groups in total. The third-order valence-corrected chi connectivity index (χ3v) is 6.27. The number of aromatic nitrogens is 2. The Morgan fingerprint density at radius 3 is 2.30 bits per heavy atom. The summed E-state index contributed by atoms with van der Waals surface area (Å²) < 4.78 is 2.20. The van der Waals surface area contributed by atoms with E-state index in [9.17, 15) is 5.11 Å². The van der Waals surface area contributed by atoms with Crippen LogP contribution in [0.4, 0.5) is 11.4 Å². The molecule has 4 aromatic rings. The van der Waals surface area contributed by atoms with Crippen molar-refractivity contribution in [1.82, 2.24) is 14.9 Å². The molecule has 5 rings (SSSR count). The van der Waals surface area contributed by atoms with Gasteiger partial charge < -0.3 is 24.8 Å². The number of thiocarbonyl (C=S) groups is 1. The standard InChI is InChI=1S/C26H25N5OS/c1-29(2)18-8-10-19(11-9-18)30-17-5-7-23(30)25-24(22-6-3-4-16-27-22)28-26(33)31(25)20-12-14-21(32)15-13-20/h3-17,24-25,32H,1-2H3,(H,28,33)/t24-,25-/m1/s1. The molecule has 2 aromatic heterocycles. The highest BCUT2D eigenvalue weighted by molar-refractivity contribution is 7.80. The summed E-state index contributed by atoms with van der Waals surface area (Å²) >= 11 is 5.80. The highest BCUT2D eigenvalue weighted by Gasteiger charge is 2.42. The summed E-state index contributed by atoms with van der Waals surface area (Å²) in [5.74, 6) is 0.221. The molecule has 1 aliphatic heterocycles. The fourth-order valence-corrected chi connectivity index (χ4v) is 4.67. The zero-order chi connectivity index (χ0) is 22.9. The molecule has 0 radical (unpaired) electrons. The maximum atomic E-state index is 9.81. The minimum Gasteiger partial charge on any atom is -0.508 e. The number of aromatic hydroxyl groups is 1. The lowest BCUT2D eigenvalue weighted by Crippen LogP contribution is -2.30. The van der Waals surface area contributed by atoms with Crippen LogP contribution in [0.15, 0.2) is 91.3 Å². The molecule has 33 heavy (non-hydrogen) atoms. The van der Waals surface area contributed by atoms with E-state index < -0.39 is 0 Å². The average molecular weight is 456 g/mol. The van der Waals surface area contributed by atoms with Gasteiger partial charge in [-0.3, -0.25) is 4.98 Å². The van der Waals surface area contributed by atoms with Crippen molar-refractivity contribution in [3.05, 3.63) is 103 Å². The molecular formula is C26H25N5OS. The molecule has 7 heteroatoms. The van der Waals surface area contributed by atoms with Gasteiger partial charge >= 0.3 is 0 Å². The topological polar surface area (TPSA) is 56.6 Å². The minimum atomic E-state index is -0.138. The van der Waals surface area contributed by atoms with E-state index in [0.29, 0.717) is 5.11 Å². The Balaban J connectivity index is 1.63. The summed E-state index contributed by atoms with van der Waals surface area (Å²) in [6, 6.07) is 25.5. The van der Waals surface area contributed by atoms with Crippen LogP contribution < -0.4 is 15.1 Å². The summed E-state index contributed by atoms with van der Waals surface area (Å²) in [4.78, 5) is 8.82. The Morgan fingerprint density at radius 2 is 1.64 bits per heavy atom. The number of pyridine rings is 1. The van der Waals surface area contributed by atoms with Gasteiger partial charge in [0.05, 0.1) is 11.7 Å². The van der Waals surface area contributed by atoms with Crippen LogP contribution in [0, 0.1) is 0 Å². The van der Waals surface area contributed by atoms with Gasteiger partial charge in [0.25, 0.3) is 0 Å². The average Bonchev–Trinajstić information content (AvgIpc) is 3.44. The lowest BCUT2D eigenvalue weighted by atomic mass is 10.0. The molecular weight excluding hydrogens is 430 g/mol. The van der Waals surface area contributed by atoms with E-state index >= 15 is 0 Å². The van der Waals surface area contributed by atoms with Crippen molar-refractivity contribution < 1.29 is 5.11 Å². The maximum Gasteiger partial charge on any atom is 0.174 e. The van der Waals surface area contributed by atoms with E-state index in [1.807, 2.05) is 44.4 Å². The summed E-state index contributed by atoms with van der Waals surface area (Å²) in [6.45, 7) is 0. The second-order valence-corrected chi connectivity index (χ2v) is 8.61. The molecule has 0 aliphatic carbocycles. The van der Waals surface area contributed by atoms with Gasteiger partial charge in [-0.05, 0) is 85.0 Å². The second-order valence-electron chi connectivity index (χ2n) is 8.23. The number of anilines is 2. The molecule has 0 saturated carbocycles. The van der Waals surface area contributed by atoms with Crippen molar-refractivity contribution in [2.75, 3.05) is 23.9 Å². The Hall–Kier alpha value is -3.84. The lowest BCUT2D eigenvalue weighted by molar-refractivity contribution is 0.475. The van der Waals surface area contributed by atoms with E-state index in [1.54, 1.807) is 18.3 Å². The highest BCUT2D eigenvalue weighted by atomic mass is 32.1. The van der Waals surface area contributed by atoms with Gasteiger partial charge in [0.2, 0.25) is 0 Å². The minimum absolute atomic E-state index is 0.137. The zero-order valence-electron chi connectivity index (χ0n) is 18.5. The van der Waals surface area contributed by atoms with Crippen molar-refractivity contribution in [2.24, 2.45) is 0 Å². The zero-order valence-corrected chi connectivity index (χ0v) is 19.3. The van der Waals surface area contributed by atoms with Gasteiger partial charge in [-0.1, -0.05) is 6.07 Å². The molecule has 2 aromatic carbocycles. The van der Waals surface area contributed by atoms with Crippen molar-refractivity contribution in [2.45, 2.75) is 12.1 Å². The molecule has 3 heterocycles. The van der Waals surface area contributed by atoms with Crippen LogP contribution >= 0.6 is 12.2 Å². The number of rotatable bonds is 5. The SMILES string of the molecule is CN(C)c1ccc(-n2cccc2[C@@H]2[C@@H](c3ccccn3)NC(=S)N2c2ccc(O)cc2)cc1. The first-order chi connectivity index (χ1) is 16.0. The van der Waals surface area contributed by atoms with Crippen LogP contribution in [0.2, 0.25) is 0 Å². The van der Waals surface area contributed by atoms with Crippen LogP contribution in [0.1, 0.15) is 23.5 Å². The molecule has 6 nitrogen and oxygen atoms in total. The Morgan fingerprint density at radius 1 is 0.909 bits per heavy atom. The Kier molecular flexibility index (Phi) is 5.48. The first kappa shape index (κ1) is 21.0. The third-order valence-electron chi connectivity index (χ3n) is 5.95. The number of phenolic OH excluding ortho intramolecular Hbond substituents is 1. The molecule has 0 unspecified atom stereocenters. The number of nitrogens with one attached hydrogen (secondary N) is 1. The maximum absolute atomic E-state index is 9.81. The van der Waals surface area contributed by atoms with Crippen LogP contribution in [-0.2, 0) is 0 Å². The largest absolute Gasteiger partial charge is 0.508 e. The predicted octanol–water partition coefficient (Wildman–Crippen LogP) is 4.82. The first-order valence-corrected chi connectivity index (χ1v) is 11.2. The number of hydrogen-bond acceptors (Lipinski definition) is 4. The molecule has 2 atom stereocenters. The molecule has 0 amide bonds. The molecule has 166 valence electrons. The molecule has 0 bridgehead atoms. The van der Waals surface area contributed by atoms with E-state index in [2.05, 4.69) is 67.3 Å². The van der Waals surface area contributed by atoms with Crippen molar-refractivity contribution in [1.29, 1.82) is 0 Å². The van der Waals surface area contributed by atoms with Gasteiger partial charge in [-0.2, -0.15) is 0 Å². The molecule has 1 fully saturated rings. The number of hydrogen-bond donors (Lipinski definition) is 2. The highest BCUT2D eigenvalue weighted by Crippen LogP contribution is 2.42. The predicted molar refractivity (Wildman–Crippen MR) is 136 cm³/mol. The van der Waals surface area contributed by atoms with Crippen molar-refractivity contribution in [3.63, 3.8) is 0 Å². The smallest absolute Gasteiger partial charge is 0.174 e. The summed E-state index contributed by atoms with van der Waals surface area (Å²) in [5, 5.41) is 13.9. The fraction of sp³-hybridized carbons (Fsp3) is 0.154. The van der Waals surface area contributed by atoms with Crippen LogP contribution in [0.5, 0.6) is 5.75 Å². The van der Waals surface area contributed by atoms with Crippen molar-refractivity contribution >= 4 is 28.7 Å².